The zero-order valence-corrected chi connectivity index (χ0v) is 13.3. The number of carbonyl (C=O) groups excluding carboxylic acids is 3. The van der Waals surface area contributed by atoms with Gasteiger partial charge >= 0.3 is 6.03 Å². The third-order valence-electron chi connectivity index (χ3n) is 4.01. The minimum Gasteiger partial charge on any atom is -0.466 e. The zero-order chi connectivity index (χ0) is 17.3. The molecule has 2 N–H and O–H groups in total. The fourth-order valence-corrected chi connectivity index (χ4v) is 2.62. The second-order valence-electron chi connectivity index (χ2n) is 5.79. The minimum atomic E-state index is -1.30. The summed E-state index contributed by atoms with van der Waals surface area (Å²) >= 11 is 0. The molecular weight excluding hydrogens is 310 g/mol. The van der Waals surface area contributed by atoms with E-state index in [-0.39, 0.29) is 6.54 Å². The second-order valence-corrected chi connectivity index (χ2v) is 5.79. The molecule has 2 aromatic rings. The van der Waals surface area contributed by atoms with Crippen molar-refractivity contribution in [1.29, 1.82) is 0 Å². The summed E-state index contributed by atoms with van der Waals surface area (Å²) in [5.74, 6) is -0.651. The van der Waals surface area contributed by atoms with Crippen molar-refractivity contribution in [2.45, 2.75) is 19.4 Å². The van der Waals surface area contributed by atoms with E-state index in [2.05, 4.69) is 10.6 Å². The molecule has 3 rings (SSSR count). The van der Waals surface area contributed by atoms with Gasteiger partial charge < -0.3 is 15.1 Å². The van der Waals surface area contributed by atoms with E-state index < -0.39 is 23.4 Å². The Morgan fingerprint density at radius 3 is 2.67 bits per heavy atom. The topological polar surface area (TPSA) is 91.7 Å². The Balaban J connectivity index is 1.74. The van der Waals surface area contributed by atoms with E-state index in [0.29, 0.717) is 11.4 Å². The van der Waals surface area contributed by atoms with Crippen LogP contribution in [-0.2, 0) is 15.1 Å². The first-order valence-corrected chi connectivity index (χ1v) is 7.45. The number of aryl methyl sites for hydroxylation is 1. The summed E-state index contributed by atoms with van der Waals surface area (Å²) in [6, 6.07) is 9.88. The Bertz CT molecular complexity index is 800. The van der Waals surface area contributed by atoms with E-state index in [9.17, 15) is 14.4 Å². The summed E-state index contributed by atoms with van der Waals surface area (Å²) in [5, 5.41) is 5.28. The Morgan fingerprint density at radius 1 is 1.25 bits per heavy atom. The van der Waals surface area contributed by atoms with Gasteiger partial charge in [-0.2, -0.15) is 0 Å². The lowest BCUT2D eigenvalue weighted by molar-refractivity contribution is -0.134. The number of urea groups is 1. The average Bonchev–Trinajstić information content (AvgIpc) is 3.14. The van der Waals surface area contributed by atoms with Crippen LogP contribution in [0.5, 0.6) is 0 Å². The molecule has 1 atom stereocenters. The van der Waals surface area contributed by atoms with Gasteiger partial charge in [-0.05, 0) is 37.6 Å². The highest BCUT2D eigenvalue weighted by Gasteiger charge is 2.51. The first kappa shape index (κ1) is 15.8. The molecule has 1 aromatic carbocycles. The lowest BCUT2D eigenvalue weighted by Crippen LogP contribution is -2.41. The van der Waals surface area contributed by atoms with E-state index in [1.54, 1.807) is 31.2 Å². The Hall–Kier alpha value is -3.09. The number of carbonyl (C=O) groups is 3. The third-order valence-corrected chi connectivity index (χ3v) is 4.01. The van der Waals surface area contributed by atoms with Gasteiger partial charge in [0.2, 0.25) is 5.91 Å². The number of benzene rings is 1. The van der Waals surface area contributed by atoms with Crippen LogP contribution in [0.25, 0.3) is 0 Å². The van der Waals surface area contributed by atoms with Crippen molar-refractivity contribution in [2.75, 3.05) is 11.9 Å². The molecule has 1 aliphatic rings. The van der Waals surface area contributed by atoms with Gasteiger partial charge in [-0.3, -0.25) is 14.5 Å². The summed E-state index contributed by atoms with van der Waals surface area (Å²) in [6.45, 7) is 3.04. The van der Waals surface area contributed by atoms with E-state index in [4.69, 9.17) is 4.42 Å². The second kappa shape index (κ2) is 5.84. The highest BCUT2D eigenvalue weighted by Crippen LogP contribution is 2.29. The number of nitrogens with zero attached hydrogens (tertiary/aromatic N) is 1. The first-order chi connectivity index (χ1) is 11.4. The Kier molecular flexibility index (Phi) is 3.84. The van der Waals surface area contributed by atoms with Crippen molar-refractivity contribution in [3.8, 4) is 0 Å². The average molecular weight is 327 g/mol. The van der Waals surface area contributed by atoms with Gasteiger partial charge in [0.1, 0.15) is 12.3 Å². The highest BCUT2D eigenvalue weighted by atomic mass is 16.3. The van der Waals surface area contributed by atoms with Crippen molar-refractivity contribution in [3.05, 3.63) is 54.0 Å². The van der Waals surface area contributed by atoms with Crippen LogP contribution in [-0.4, -0.2) is 29.3 Å². The van der Waals surface area contributed by atoms with Gasteiger partial charge in [0.05, 0.1) is 6.26 Å². The summed E-state index contributed by atoms with van der Waals surface area (Å²) in [4.78, 5) is 37.8. The first-order valence-electron chi connectivity index (χ1n) is 7.45. The van der Waals surface area contributed by atoms with Gasteiger partial charge in [0.25, 0.3) is 5.91 Å². The zero-order valence-electron chi connectivity index (χ0n) is 13.3. The number of imide groups is 1. The molecule has 7 heteroatoms. The monoisotopic (exact) mass is 327 g/mol. The van der Waals surface area contributed by atoms with Crippen molar-refractivity contribution >= 4 is 23.5 Å². The van der Waals surface area contributed by atoms with Crippen LogP contribution in [0.1, 0.15) is 18.2 Å². The fraction of sp³-hybridized carbons (Fsp3) is 0.235. The molecule has 1 fully saturated rings. The minimum absolute atomic E-state index is 0.322. The summed E-state index contributed by atoms with van der Waals surface area (Å²) in [7, 11) is 0. The predicted octanol–water partition coefficient (Wildman–Crippen LogP) is 1.99. The number of hydrogen-bond donors (Lipinski definition) is 2. The maximum absolute atomic E-state index is 12.6. The molecule has 1 aromatic heterocycles. The molecule has 0 unspecified atom stereocenters. The van der Waals surface area contributed by atoms with Crippen LogP contribution in [0, 0.1) is 6.92 Å². The lowest BCUT2D eigenvalue weighted by atomic mass is 9.99. The molecule has 0 bridgehead atoms. The smallest absolute Gasteiger partial charge is 0.325 e. The quantitative estimate of drug-likeness (QED) is 0.840. The number of furan rings is 1. The number of rotatable bonds is 4. The number of anilines is 1. The number of hydrogen-bond acceptors (Lipinski definition) is 4. The maximum Gasteiger partial charge on any atom is 0.325 e. The van der Waals surface area contributed by atoms with Crippen molar-refractivity contribution in [2.24, 2.45) is 0 Å². The van der Waals surface area contributed by atoms with Crippen molar-refractivity contribution in [3.63, 3.8) is 0 Å². The SMILES string of the molecule is Cc1ccccc1NC(=O)CN1C(=O)N[C@](C)(c2ccco2)C1=O. The van der Waals surface area contributed by atoms with Crippen molar-refractivity contribution < 1.29 is 18.8 Å². The molecule has 1 aliphatic heterocycles. The van der Waals surface area contributed by atoms with Gasteiger partial charge in [-0.25, -0.2) is 4.79 Å². The Morgan fingerprint density at radius 2 is 2.00 bits per heavy atom. The molecule has 0 saturated carbocycles. The van der Waals surface area contributed by atoms with Crippen molar-refractivity contribution in [1.82, 2.24) is 10.2 Å². The van der Waals surface area contributed by atoms with Crippen LogP contribution in [0.2, 0.25) is 0 Å². The Labute approximate surface area is 138 Å². The van der Waals surface area contributed by atoms with Crippen LogP contribution in [0.4, 0.5) is 10.5 Å². The van der Waals surface area contributed by atoms with Gasteiger partial charge in [-0.15, -0.1) is 0 Å². The third kappa shape index (κ3) is 2.64. The van der Waals surface area contributed by atoms with Crippen LogP contribution in [0.3, 0.4) is 0 Å². The molecule has 0 aliphatic carbocycles. The van der Waals surface area contributed by atoms with E-state index in [0.717, 1.165) is 10.5 Å². The lowest BCUT2D eigenvalue weighted by Gasteiger charge is -2.19. The number of amides is 4. The largest absolute Gasteiger partial charge is 0.466 e. The molecule has 7 nitrogen and oxygen atoms in total. The highest BCUT2D eigenvalue weighted by molar-refractivity contribution is 6.10. The normalized spacial score (nSPS) is 20.2. The molecule has 124 valence electrons. The molecular formula is C17H17N3O4. The van der Waals surface area contributed by atoms with Crippen LogP contribution >= 0.6 is 0 Å². The number of para-hydroxylation sites is 1. The molecule has 0 spiro atoms. The molecule has 2 heterocycles. The van der Waals surface area contributed by atoms with Gasteiger partial charge in [-0.1, -0.05) is 18.2 Å². The van der Waals surface area contributed by atoms with Gasteiger partial charge in [0.15, 0.2) is 5.54 Å². The van der Waals surface area contributed by atoms with Crippen LogP contribution in [0.15, 0.2) is 47.1 Å². The van der Waals surface area contributed by atoms with E-state index in [1.165, 1.54) is 6.26 Å². The van der Waals surface area contributed by atoms with Gasteiger partial charge in [0, 0.05) is 5.69 Å². The summed E-state index contributed by atoms with van der Waals surface area (Å²) in [5.41, 5.74) is 0.232. The molecule has 4 amide bonds. The fourth-order valence-electron chi connectivity index (χ4n) is 2.62. The summed E-state index contributed by atoms with van der Waals surface area (Å²) < 4.78 is 5.24. The van der Waals surface area contributed by atoms with E-state index in [1.807, 2.05) is 19.1 Å². The molecule has 24 heavy (non-hydrogen) atoms. The summed E-state index contributed by atoms with van der Waals surface area (Å²) in [6.07, 6.45) is 1.42. The maximum atomic E-state index is 12.6. The molecule has 0 radical (unpaired) electrons. The standard InChI is InChI=1S/C17H17N3O4/c1-11-6-3-4-7-12(11)18-14(21)10-20-15(22)17(2,19-16(20)23)13-8-5-9-24-13/h3-9H,10H2,1-2H3,(H,18,21)(H,19,23)/t17-/m1/s1. The van der Waals surface area contributed by atoms with Crippen LogP contribution < -0.4 is 10.6 Å². The van der Waals surface area contributed by atoms with E-state index >= 15 is 0 Å². The number of nitrogens with one attached hydrogen (secondary N) is 2. The predicted molar refractivity (Wildman–Crippen MR) is 86.1 cm³/mol. The molecule has 1 saturated heterocycles.